The van der Waals surface area contributed by atoms with E-state index in [9.17, 15) is 14.4 Å². The van der Waals surface area contributed by atoms with Crippen molar-refractivity contribution in [3.8, 4) is 85.5 Å². The van der Waals surface area contributed by atoms with Crippen molar-refractivity contribution in [1.82, 2.24) is 30.9 Å². The molecule has 24 nitrogen and oxygen atoms in total. The molecule has 84 heavy (non-hydrogen) atoms. The van der Waals surface area contributed by atoms with Crippen LogP contribution in [0.1, 0.15) is 31.1 Å². The first-order chi connectivity index (χ1) is 41.0. The molecule has 3 heterocycles. The summed E-state index contributed by atoms with van der Waals surface area (Å²) in [5.41, 5.74) is 4.18. The van der Waals surface area contributed by atoms with Gasteiger partial charge in [0.25, 0.3) is 17.7 Å². The zero-order valence-corrected chi connectivity index (χ0v) is 46.9. The average molecular weight is 1140 g/mol. The minimum absolute atomic E-state index is 0.188. The van der Waals surface area contributed by atoms with Crippen molar-refractivity contribution in [3.05, 3.63) is 180 Å². The molecular formula is C60H57N9O15. The van der Waals surface area contributed by atoms with Crippen molar-refractivity contribution in [3.63, 3.8) is 0 Å². The molecule has 24 heteroatoms. The van der Waals surface area contributed by atoms with Crippen LogP contribution in [0, 0.1) is 0 Å². The van der Waals surface area contributed by atoms with E-state index < -0.39 is 0 Å². The Labute approximate surface area is 481 Å². The Morgan fingerprint density at radius 3 is 0.762 bits per heavy atom. The van der Waals surface area contributed by atoms with Crippen molar-refractivity contribution in [2.24, 2.45) is 0 Å². The quantitative estimate of drug-likeness (QED) is 0.0719. The number of hydrogen-bond acceptors (Lipinski definition) is 21. The Kier molecular flexibility index (Phi) is 21.7. The van der Waals surface area contributed by atoms with Gasteiger partial charge in [-0.1, -0.05) is 72.8 Å². The van der Waals surface area contributed by atoms with Crippen LogP contribution in [0.2, 0.25) is 0 Å². The van der Waals surface area contributed by atoms with E-state index in [-0.39, 0.29) is 35.2 Å². The lowest BCUT2D eigenvalue weighted by atomic mass is 10.1. The standard InChI is InChI=1S/3C18H17N3O5.C6H6/c3*1-23-13-7-5-4-6-12(13)18(22)19-17-16(20-26-21-17)11-8-9-14(24-2)15(10-11)25-3;1-2-4-6-5-3-1/h3*4-10H,1-3H3,(H,19,21,22);1-6H. The molecule has 10 aromatic rings. The number of nitrogens with zero attached hydrogens (tertiary/aromatic N) is 6. The van der Waals surface area contributed by atoms with Gasteiger partial charge in [-0.3, -0.25) is 14.4 Å². The second-order valence-corrected chi connectivity index (χ2v) is 16.7. The van der Waals surface area contributed by atoms with Gasteiger partial charge in [-0.05, 0) is 122 Å². The fourth-order valence-corrected chi connectivity index (χ4v) is 7.74. The maximum atomic E-state index is 12.6. The van der Waals surface area contributed by atoms with E-state index in [1.54, 1.807) is 149 Å². The van der Waals surface area contributed by atoms with Gasteiger partial charge >= 0.3 is 0 Å². The third kappa shape index (κ3) is 15.1. The van der Waals surface area contributed by atoms with Gasteiger partial charge in [-0.2, -0.15) is 0 Å². The molecule has 432 valence electrons. The van der Waals surface area contributed by atoms with Crippen LogP contribution in [0.15, 0.2) is 178 Å². The van der Waals surface area contributed by atoms with Gasteiger partial charge in [0, 0.05) is 16.7 Å². The number of ether oxygens (including phenoxy) is 9. The first-order valence-electron chi connectivity index (χ1n) is 25.0. The molecule has 0 spiro atoms. The van der Waals surface area contributed by atoms with E-state index in [2.05, 4.69) is 46.9 Å². The van der Waals surface area contributed by atoms with Gasteiger partial charge in [0.05, 0.1) is 80.7 Å². The molecule has 0 saturated carbocycles. The zero-order chi connectivity index (χ0) is 59.8. The van der Waals surface area contributed by atoms with Crippen molar-refractivity contribution in [2.45, 2.75) is 0 Å². The van der Waals surface area contributed by atoms with Crippen LogP contribution in [0.4, 0.5) is 17.5 Å². The van der Waals surface area contributed by atoms with Crippen LogP contribution in [-0.2, 0) is 0 Å². The number of benzene rings is 7. The van der Waals surface area contributed by atoms with Crippen LogP contribution in [-0.4, -0.2) is 113 Å². The summed E-state index contributed by atoms with van der Waals surface area (Å²) >= 11 is 0. The summed E-state index contributed by atoms with van der Waals surface area (Å²) < 4.78 is 61.6. The van der Waals surface area contributed by atoms with Gasteiger partial charge in [-0.15, -0.1) is 0 Å². The molecule has 3 aromatic heterocycles. The van der Waals surface area contributed by atoms with E-state index in [4.69, 9.17) is 56.5 Å². The number of anilines is 3. The molecule has 0 saturated heterocycles. The highest BCUT2D eigenvalue weighted by Crippen LogP contribution is 2.37. The van der Waals surface area contributed by atoms with Crippen molar-refractivity contribution in [1.29, 1.82) is 0 Å². The number of amides is 3. The number of rotatable bonds is 18. The third-order valence-corrected chi connectivity index (χ3v) is 11.9. The molecule has 0 atom stereocenters. The maximum Gasteiger partial charge on any atom is 0.260 e. The zero-order valence-electron chi connectivity index (χ0n) is 46.9. The summed E-state index contributed by atoms with van der Waals surface area (Å²) in [4.78, 5) is 37.7. The molecule has 3 N–H and O–H groups in total. The Morgan fingerprint density at radius 1 is 0.286 bits per heavy atom. The summed E-state index contributed by atoms with van der Waals surface area (Å²) in [6.07, 6.45) is 0. The van der Waals surface area contributed by atoms with Gasteiger partial charge in [0.1, 0.15) is 17.2 Å². The van der Waals surface area contributed by atoms with Gasteiger partial charge in [-0.25, -0.2) is 13.9 Å². The van der Waals surface area contributed by atoms with Gasteiger partial charge in [0.15, 0.2) is 51.6 Å². The normalized spacial score (nSPS) is 10.1. The Balaban J connectivity index is 0.000000172. The van der Waals surface area contributed by atoms with Crippen LogP contribution >= 0.6 is 0 Å². The molecule has 7 aromatic carbocycles. The number of hydrogen-bond donors (Lipinski definition) is 3. The average Bonchev–Trinajstić information content (AvgIpc) is 4.53. The van der Waals surface area contributed by atoms with Crippen molar-refractivity contribution < 1.29 is 70.9 Å². The third-order valence-electron chi connectivity index (χ3n) is 11.9. The first kappa shape index (κ1) is 60.2. The minimum Gasteiger partial charge on any atom is -0.496 e. The highest BCUT2D eigenvalue weighted by atomic mass is 16.6. The highest BCUT2D eigenvalue weighted by molar-refractivity contribution is 6.08. The number of carbonyl (C=O) groups is 3. The second kappa shape index (κ2) is 30.2. The Bertz CT molecular complexity index is 3370. The Hall–Kier alpha value is -11.4. The number of methoxy groups -OCH3 is 9. The van der Waals surface area contributed by atoms with Crippen molar-refractivity contribution >= 4 is 35.2 Å². The van der Waals surface area contributed by atoms with E-state index >= 15 is 0 Å². The smallest absolute Gasteiger partial charge is 0.260 e. The molecule has 0 unspecified atom stereocenters. The van der Waals surface area contributed by atoms with Crippen LogP contribution < -0.4 is 58.6 Å². The SMILES string of the molecule is COc1ccc(-c2nonc2NC(=O)c2ccccc2OC)cc1OC.COc1ccc(-c2nonc2NC(=O)c2ccccc2OC)cc1OC.COc1ccc(-c2nonc2NC(=O)c2ccccc2OC)cc1OC.c1ccccc1. The van der Waals surface area contributed by atoms with E-state index in [1.165, 1.54) is 42.7 Å². The van der Waals surface area contributed by atoms with E-state index in [1.807, 2.05) is 36.4 Å². The highest BCUT2D eigenvalue weighted by Gasteiger charge is 2.23. The number of para-hydroxylation sites is 3. The first-order valence-corrected chi connectivity index (χ1v) is 25.0. The van der Waals surface area contributed by atoms with Crippen LogP contribution in [0.5, 0.6) is 51.7 Å². The van der Waals surface area contributed by atoms with Crippen molar-refractivity contribution in [2.75, 3.05) is 79.9 Å². The van der Waals surface area contributed by atoms with Crippen LogP contribution in [0.3, 0.4) is 0 Å². The fourth-order valence-electron chi connectivity index (χ4n) is 7.74. The lowest BCUT2D eigenvalue weighted by Gasteiger charge is -2.09. The molecule has 0 aliphatic carbocycles. The summed E-state index contributed by atoms with van der Waals surface area (Å²) in [5, 5.41) is 31.0. The molecule has 3 amide bonds. The molecule has 10 rings (SSSR count). The lowest BCUT2D eigenvalue weighted by molar-refractivity contribution is 0.101. The van der Waals surface area contributed by atoms with Gasteiger partial charge in [0.2, 0.25) is 17.5 Å². The predicted octanol–water partition coefficient (Wildman–Crippen LogP) is 10.7. The topological polar surface area (TPSA) is 287 Å². The fraction of sp³-hybridized carbons (Fsp3) is 0.150. The summed E-state index contributed by atoms with van der Waals surface area (Å²) in [5.74, 6) is 4.05. The second-order valence-electron chi connectivity index (χ2n) is 16.7. The van der Waals surface area contributed by atoms with Crippen LogP contribution in [0.25, 0.3) is 33.8 Å². The molecular weight excluding hydrogens is 1090 g/mol. The maximum absolute atomic E-state index is 12.6. The molecule has 0 aliphatic rings. The molecule has 0 aliphatic heterocycles. The monoisotopic (exact) mass is 1140 g/mol. The Morgan fingerprint density at radius 2 is 0.524 bits per heavy atom. The minimum atomic E-state index is -0.389. The molecule has 0 radical (unpaired) electrons. The lowest BCUT2D eigenvalue weighted by Crippen LogP contribution is -2.14. The predicted molar refractivity (Wildman–Crippen MR) is 308 cm³/mol. The summed E-state index contributed by atoms with van der Waals surface area (Å²) in [6, 6.07) is 48.3. The van der Waals surface area contributed by atoms with E-state index in [0.29, 0.717) is 102 Å². The molecule has 0 fully saturated rings. The largest absolute Gasteiger partial charge is 0.496 e. The summed E-state index contributed by atoms with van der Waals surface area (Å²) in [6.45, 7) is 0. The number of nitrogens with one attached hydrogen (secondary N) is 3. The number of aromatic nitrogens is 6. The summed E-state index contributed by atoms with van der Waals surface area (Å²) in [7, 11) is 13.7. The molecule has 0 bridgehead atoms. The van der Waals surface area contributed by atoms with E-state index in [0.717, 1.165) is 0 Å². The van der Waals surface area contributed by atoms with Gasteiger partial charge < -0.3 is 58.6 Å². The number of carbonyl (C=O) groups excluding carboxylic acids is 3.